The molecule has 1 aromatic rings. The molecule has 2 N–H and O–H groups in total. The first kappa shape index (κ1) is 11.9. The van der Waals surface area contributed by atoms with Gasteiger partial charge in [-0.3, -0.25) is 9.78 Å². The minimum Gasteiger partial charge on any atom is -0.398 e. The Balaban J connectivity index is 2.04. The number of carbonyl (C=O) groups excluding carboxylic acids is 1. The van der Waals surface area contributed by atoms with Gasteiger partial charge in [0.25, 0.3) is 5.91 Å². The molecular weight excluding hydrogens is 218 g/mol. The smallest absolute Gasteiger partial charge is 0.257 e. The van der Waals surface area contributed by atoms with Crippen LogP contribution in [0.3, 0.4) is 0 Å². The second-order valence-electron chi connectivity index (χ2n) is 4.19. The van der Waals surface area contributed by atoms with E-state index in [0.717, 1.165) is 12.8 Å². The lowest BCUT2D eigenvalue weighted by atomic mass is 10.1. The quantitative estimate of drug-likeness (QED) is 0.827. The van der Waals surface area contributed by atoms with E-state index >= 15 is 0 Å². The lowest BCUT2D eigenvalue weighted by Crippen LogP contribution is -2.40. The zero-order valence-corrected chi connectivity index (χ0v) is 9.93. The zero-order valence-electron chi connectivity index (χ0n) is 9.93. The third kappa shape index (κ3) is 2.55. The van der Waals surface area contributed by atoms with E-state index in [1.807, 2.05) is 4.90 Å². The first-order chi connectivity index (χ1) is 8.22. The fourth-order valence-electron chi connectivity index (χ4n) is 2.05. The summed E-state index contributed by atoms with van der Waals surface area (Å²) in [6, 6.07) is 1.65. The molecule has 2 heterocycles. The van der Waals surface area contributed by atoms with E-state index in [1.165, 1.54) is 6.20 Å². The van der Waals surface area contributed by atoms with Crippen LogP contribution in [0.1, 0.15) is 23.2 Å². The molecule has 0 spiro atoms. The Hall–Kier alpha value is -1.62. The second-order valence-corrected chi connectivity index (χ2v) is 4.19. The number of aromatic nitrogens is 1. The van der Waals surface area contributed by atoms with Crippen LogP contribution in [0.5, 0.6) is 0 Å². The third-order valence-electron chi connectivity index (χ3n) is 3.15. The molecule has 5 heteroatoms. The number of pyridine rings is 1. The first-order valence-corrected chi connectivity index (χ1v) is 5.74. The largest absolute Gasteiger partial charge is 0.398 e. The summed E-state index contributed by atoms with van der Waals surface area (Å²) in [7, 11) is 1.71. The molecule has 2 rings (SSSR count). The van der Waals surface area contributed by atoms with Gasteiger partial charge in [-0.2, -0.15) is 0 Å². The van der Waals surface area contributed by atoms with Gasteiger partial charge in [0, 0.05) is 38.3 Å². The molecular formula is C12H17N3O2. The number of piperidine rings is 1. The molecule has 1 aromatic heterocycles. The SMILES string of the molecule is COC1CCN(C(=O)c2cnccc2N)CC1. The summed E-state index contributed by atoms with van der Waals surface area (Å²) in [5.74, 6) is -0.0369. The molecule has 0 radical (unpaired) electrons. The van der Waals surface area contributed by atoms with Gasteiger partial charge in [-0.1, -0.05) is 0 Å². The number of carbonyl (C=O) groups is 1. The molecule has 0 aliphatic carbocycles. The number of methoxy groups -OCH3 is 1. The normalized spacial score (nSPS) is 17.1. The Morgan fingerprint density at radius 1 is 1.53 bits per heavy atom. The van der Waals surface area contributed by atoms with Crippen molar-refractivity contribution in [3.8, 4) is 0 Å². The van der Waals surface area contributed by atoms with Gasteiger partial charge in [-0.05, 0) is 18.9 Å². The van der Waals surface area contributed by atoms with Crippen LogP contribution < -0.4 is 5.73 Å². The van der Waals surface area contributed by atoms with Gasteiger partial charge in [0.15, 0.2) is 0 Å². The van der Waals surface area contributed by atoms with E-state index in [0.29, 0.717) is 24.3 Å². The fourth-order valence-corrected chi connectivity index (χ4v) is 2.05. The monoisotopic (exact) mass is 235 g/mol. The summed E-state index contributed by atoms with van der Waals surface area (Å²) in [5, 5.41) is 0. The Bertz CT molecular complexity index is 400. The van der Waals surface area contributed by atoms with Gasteiger partial charge in [-0.25, -0.2) is 0 Å². The fraction of sp³-hybridized carbons (Fsp3) is 0.500. The van der Waals surface area contributed by atoms with Crippen LogP contribution in [-0.2, 0) is 4.74 Å². The number of rotatable bonds is 2. The van der Waals surface area contributed by atoms with Crippen LogP contribution in [0, 0.1) is 0 Å². The van der Waals surface area contributed by atoms with E-state index in [1.54, 1.807) is 19.4 Å². The maximum absolute atomic E-state index is 12.2. The summed E-state index contributed by atoms with van der Waals surface area (Å²) < 4.78 is 5.27. The van der Waals surface area contributed by atoms with Crippen LogP contribution in [0.4, 0.5) is 5.69 Å². The highest BCUT2D eigenvalue weighted by atomic mass is 16.5. The van der Waals surface area contributed by atoms with Crippen molar-refractivity contribution in [3.05, 3.63) is 24.0 Å². The molecule has 0 bridgehead atoms. The average Bonchev–Trinajstić information content (AvgIpc) is 2.39. The van der Waals surface area contributed by atoms with Gasteiger partial charge in [0.2, 0.25) is 0 Å². The number of amides is 1. The summed E-state index contributed by atoms with van der Waals surface area (Å²) in [6.07, 6.45) is 5.14. The number of nitrogen functional groups attached to an aromatic ring is 1. The first-order valence-electron chi connectivity index (χ1n) is 5.74. The van der Waals surface area contributed by atoms with Crippen molar-refractivity contribution >= 4 is 11.6 Å². The maximum atomic E-state index is 12.2. The van der Waals surface area contributed by atoms with Crippen molar-refractivity contribution in [3.63, 3.8) is 0 Å². The molecule has 1 amide bonds. The minimum absolute atomic E-state index is 0.0369. The van der Waals surface area contributed by atoms with Crippen molar-refractivity contribution in [1.29, 1.82) is 0 Å². The standard InChI is InChI=1S/C12H17N3O2/c1-17-9-3-6-15(7-4-9)12(16)10-8-14-5-2-11(10)13/h2,5,8-9H,3-4,6-7H2,1H3,(H2,13,14). The lowest BCUT2D eigenvalue weighted by molar-refractivity contribution is 0.0351. The van der Waals surface area contributed by atoms with Crippen molar-refractivity contribution in [2.75, 3.05) is 25.9 Å². The molecule has 0 unspecified atom stereocenters. The maximum Gasteiger partial charge on any atom is 0.257 e. The van der Waals surface area contributed by atoms with Crippen LogP contribution in [-0.4, -0.2) is 42.1 Å². The van der Waals surface area contributed by atoms with Gasteiger partial charge in [-0.15, -0.1) is 0 Å². The van der Waals surface area contributed by atoms with Crippen molar-refractivity contribution in [2.45, 2.75) is 18.9 Å². The van der Waals surface area contributed by atoms with E-state index < -0.39 is 0 Å². The summed E-state index contributed by atoms with van der Waals surface area (Å²) >= 11 is 0. The van der Waals surface area contributed by atoms with E-state index in [4.69, 9.17) is 10.5 Å². The highest BCUT2D eigenvalue weighted by Crippen LogP contribution is 2.18. The number of nitrogens with two attached hydrogens (primary N) is 1. The van der Waals surface area contributed by atoms with E-state index in [-0.39, 0.29) is 12.0 Å². The summed E-state index contributed by atoms with van der Waals surface area (Å²) in [5.41, 5.74) is 6.74. The number of ether oxygens (including phenoxy) is 1. The van der Waals surface area contributed by atoms with Crippen LogP contribution in [0.2, 0.25) is 0 Å². The molecule has 5 nitrogen and oxygen atoms in total. The Morgan fingerprint density at radius 3 is 2.82 bits per heavy atom. The van der Waals surface area contributed by atoms with Gasteiger partial charge >= 0.3 is 0 Å². The number of nitrogens with zero attached hydrogens (tertiary/aromatic N) is 2. The molecule has 1 aliphatic rings. The van der Waals surface area contributed by atoms with E-state index in [9.17, 15) is 4.79 Å². The second kappa shape index (κ2) is 5.14. The molecule has 0 saturated carbocycles. The molecule has 1 fully saturated rings. The predicted molar refractivity (Wildman–Crippen MR) is 64.6 cm³/mol. The molecule has 92 valence electrons. The summed E-state index contributed by atoms with van der Waals surface area (Å²) in [6.45, 7) is 1.43. The molecule has 1 aliphatic heterocycles. The topological polar surface area (TPSA) is 68.5 Å². The number of hydrogen-bond acceptors (Lipinski definition) is 4. The Labute approximate surface area is 101 Å². The molecule has 1 saturated heterocycles. The average molecular weight is 235 g/mol. The Morgan fingerprint density at radius 2 is 2.24 bits per heavy atom. The zero-order chi connectivity index (χ0) is 12.3. The number of likely N-dealkylation sites (tertiary alicyclic amines) is 1. The Kier molecular flexibility index (Phi) is 3.58. The molecule has 17 heavy (non-hydrogen) atoms. The van der Waals surface area contributed by atoms with Crippen LogP contribution in [0.25, 0.3) is 0 Å². The van der Waals surface area contributed by atoms with Crippen molar-refractivity contribution in [1.82, 2.24) is 9.88 Å². The summed E-state index contributed by atoms with van der Waals surface area (Å²) in [4.78, 5) is 17.9. The molecule has 0 aromatic carbocycles. The van der Waals surface area contributed by atoms with Crippen molar-refractivity contribution < 1.29 is 9.53 Å². The lowest BCUT2D eigenvalue weighted by Gasteiger charge is -2.31. The number of hydrogen-bond donors (Lipinski definition) is 1. The highest BCUT2D eigenvalue weighted by molar-refractivity contribution is 5.98. The van der Waals surface area contributed by atoms with Gasteiger partial charge < -0.3 is 15.4 Å². The predicted octanol–water partition coefficient (Wildman–Crippen LogP) is 0.915. The van der Waals surface area contributed by atoms with Gasteiger partial charge in [0.1, 0.15) is 0 Å². The molecule has 0 atom stereocenters. The van der Waals surface area contributed by atoms with Crippen LogP contribution >= 0.6 is 0 Å². The van der Waals surface area contributed by atoms with E-state index in [2.05, 4.69) is 4.98 Å². The number of anilines is 1. The minimum atomic E-state index is -0.0369. The van der Waals surface area contributed by atoms with Crippen LogP contribution in [0.15, 0.2) is 18.5 Å². The third-order valence-corrected chi connectivity index (χ3v) is 3.15. The highest BCUT2D eigenvalue weighted by Gasteiger charge is 2.24. The van der Waals surface area contributed by atoms with Crippen molar-refractivity contribution in [2.24, 2.45) is 0 Å². The van der Waals surface area contributed by atoms with Gasteiger partial charge in [0.05, 0.1) is 11.7 Å².